The minimum absolute atomic E-state index is 0.359. The summed E-state index contributed by atoms with van der Waals surface area (Å²) in [4.78, 5) is 0. The van der Waals surface area contributed by atoms with E-state index in [-0.39, 0.29) is 5.82 Å². The number of nitrogens with one attached hydrogen (secondary N) is 1. The fraction of sp³-hybridized carbons (Fsp3) is 0.533. The van der Waals surface area contributed by atoms with Crippen LogP contribution in [0.3, 0.4) is 0 Å². The van der Waals surface area contributed by atoms with E-state index in [4.69, 9.17) is 5.26 Å². The molecule has 1 aliphatic rings. The lowest BCUT2D eigenvalue weighted by atomic mass is 9.80. The molecule has 0 spiro atoms. The Morgan fingerprint density at radius 2 is 2.11 bits per heavy atom. The predicted octanol–water partition coefficient (Wildman–Crippen LogP) is 3.93. The van der Waals surface area contributed by atoms with Gasteiger partial charge in [0, 0.05) is 6.04 Å². The van der Waals surface area contributed by atoms with E-state index in [9.17, 15) is 4.39 Å². The number of hydrogen-bond acceptors (Lipinski definition) is 2. The normalized spacial score (nSPS) is 27.6. The van der Waals surface area contributed by atoms with Gasteiger partial charge < -0.3 is 5.32 Å². The minimum Gasteiger partial charge on any atom is -0.381 e. The van der Waals surface area contributed by atoms with Crippen molar-refractivity contribution in [3.8, 4) is 6.07 Å². The van der Waals surface area contributed by atoms with Crippen molar-refractivity contribution in [2.24, 2.45) is 11.8 Å². The second-order valence-electron chi connectivity index (χ2n) is 5.45. The van der Waals surface area contributed by atoms with E-state index in [1.165, 1.54) is 25.0 Å². The summed E-state index contributed by atoms with van der Waals surface area (Å²) in [5.74, 6) is 0.949. The van der Waals surface area contributed by atoms with Gasteiger partial charge in [-0.25, -0.2) is 4.39 Å². The van der Waals surface area contributed by atoms with Gasteiger partial charge in [-0.3, -0.25) is 0 Å². The highest BCUT2D eigenvalue weighted by Gasteiger charge is 2.25. The molecule has 1 aromatic rings. The Hall–Kier alpha value is -1.56. The van der Waals surface area contributed by atoms with Gasteiger partial charge in [0.05, 0.1) is 11.3 Å². The summed E-state index contributed by atoms with van der Waals surface area (Å²) >= 11 is 0. The first-order valence-corrected chi connectivity index (χ1v) is 6.56. The average Bonchev–Trinajstić information content (AvgIpc) is 2.36. The molecule has 1 saturated carbocycles. The van der Waals surface area contributed by atoms with E-state index in [1.807, 2.05) is 6.07 Å². The SMILES string of the molecule is CC1CCC(C)C(Nc2ccc(F)cc2C#N)C1. The van der Waals surface area contributed by atoms with Crippen molar-refractivity contribution in [1.29, 1.82) is 5.26 Å². The summed E-state index contributed by atoms with van der Waals surface area (Å²) in [5.41, 5.74) is 1.14. The van der Waals surface area contributed by atoms with E-state index < -0.39 is 0 Å². The molecule has 2 rings (SSSR count). The van der Waals surface area contributed by atoms with E-state index >= 15 is 0 Å². The second kappa shape index (κ2) is 5.39. The molecule has 2 nitrogen and oxygen atoms in total. The van der Waals surface area contributed by atoms with Gasteiger partial charge >= 0.3 is 0 Å². The number of nitrogens with zero attached hydrogens (tertiary/aromatic N) is 1. The highest BCUT2D eigenvalue weighted by atomic mass is 19.1. The van der Waals surface area contributed by atoms with Crippen LogP contribution in [-0.2, 0) is 0 Å². The zero-order chi connectivity index (χ0) is 13.1. The summed E-state index contributed by atoms with van der Waals surface area (Å²) < 4.78 is 13.1. The molecule has 3 atom stereocenters. The van der Waals surface area contributed by atoms with E-state index in [1.54, 1.807) is 6.07 Å². The van der Waals surface area contributed by atoms with Gasteiger partial charge in [-0.15, -0.1) is 0 Å². The Labute approximate surface area is 108 Å². The Kier molecular flexibility index (Phi) is 3.86. The first kappa shape index (κ1) is 12.9. The molecule has 1 fully saturated rings. The van der Waals surface area contributed by atoms with Crippen molar-refractivity contribution >= 4 is 5.69 Å². The largest absolute Gasteiger partial charge is 0.381 e. The Morgan fingerprint density at radius 3 is 2.83 bits per heavy atom. The molecule has 18 heavy (non-hydrogen) atoms. The summed E-state index contributed by atoms with van der Waals surface area (Å²) in [7, 11) is 0. The Bertz CT molecular complexity index is 464. The van der Waals surface area contributed by atoms with E-state index in [0.717, 1.165) is 12.1 Å². The maximum Gasteiger partial charge on any atom is 0.124 e. The van der Waals surface area contributed by atoms with Crippen molar-refractivity contribution in [1.82, 2.24) is 0 Å². The van der Waals surface area contributed by atoms with Crippen LogP contribution in [0.15, 0.2) is 18.2 Å². The topological polar surface area (TPSA) is 35.8 Å². The monoisotopic (exact) mass is 246 g/mol. The van der Waals surface area contributed by atoms with Gasteiger partial charge in [0.2, 0.25) is 0 Å². The minimum atomic E-state index is -0.359. The van der Waals surface area contributed by atoms with Crippen molar-refractivity contribution in [3.63, 3.8) is 0 Å². The fourth-order valence-corrected chi connectivity index (χ4v) is 2.67. The third kappa shape index (κ3) is 2.81. The molecule has 0 bridgehead atoms. The van der Waals surface area contributed by atoms with Crippen LogP contribution < -0.4 is 5.32 Å². The van der Waals surface area contributed by atoms with Crippen LogP contribution in [0, 0.1) is 29.0 Å². The van der Waals surface area contributed by atoms with Crippen molar-refractivity contribution in [2.75, 3.05) is 5.32 Å². The smallest absolute Gasteiger partial charge is 0.124 e. The Balaban J connectivity index is 2.16. The lowest BCUT2D eigenvalue weighted by Gasteiger charge is -2.34. The Morgan fingerprint density at radius 1 is 1.33 bits per heavy atom. The quantitative estimate of drug-likeness (QED) is 0.858. The number of rotatable bonds is 2. The molecule has 0 radical (unpaired) electrons. The van der Waals surface area contributed by atoms with Crippen LogP contribution in [0.2, 0.25) is 0 Å². The molecule has 0 aromatic heterocycles. The molecule has 0 aliphatic heterocycles. The summed E-state index contributed by atoms with van der Waals surface area (Å²) in [6.45, 7) is 4.50. The third-order valence-electron chi connectivity index (χ3n) is 3.90. The fourth-order valence-electron chi connectivity index (χ4n) is 2.67. The zero-order valence-corrected chi connectivity index (χ0v) is 10.9. The summed E-state index contributed by atoms with van der Waals surface area (Å²) in [6.07, 6.45) is 3.60. The van der Waals surface area contributed by atoms with Crippen LogP contribution in [0.1, 0.15) is 38.7 Å². The molecule has 96 valence electrons. The molecule has 3 heteroatoms. The molecule has 0 amide bonds. The van der Waals surface area contributed by atoms with E-state index in [2.05, 4.69) is 19.2 Å². The number of halogens is 1. The molecule has 0 saturated heterocycles. The van der Waals surface area contributed by atoms with Gasteiger partial charge in [-0.2, -0.15) is 5.26 Å². The lowest BCUT2D eigenvalue weighted by Crippen LogP contribution is -2.33. The molecule has 0 heterocycles. The predicted molar refractivity (Wildman–Crippen MR) is 70.7 cm³/mol. The lowest BCUT2D eigenvalue weighted by molar-refractivity contribution is 0.280. The average molecular weight is 246 g/mol. The number of anilines is 1. The van der Waals surface area contributed by atoms with Crippen LogP contribution in [0.5, 0.6) is 0 Å². The van der Waals surface area contributed by atoms with Crippen molar-refractivity contribution in [2.45, 2.75) is 39.2 Å². The highest BCUT2D eigenvalue weighted by Crippen LogP contribution is 2.31. The highest BCUT2D eigenvalue weighted by molar-refractivity contribution is 5.58. The molecule has 1 aliphatic carbocycles. The molecular weight excluding hydrogens is 227 g/mol. The maximum absolute atomic E-state index is 13.1. The van der Waals surface area contributed by atoms with Gasteiger partial charge in [-0.1, -0.05) is 20.3 Å². The van der Waals surface area contributed by atoms with Gasteiger partial charge in [0.25, 0.3) is 0 Å². The number of nitriles is 1. The molecule has 3 unspecified atom stereocenters. The number of benzene rings is 1. The maximum atomic E-state index is 13.1. The van der Waals surface area contributed by atoms with Crippen molar-refractivity contribution < 1.29 is 4.39 Å². The van der Waals surface area contributed by atoms with Crippen molar-refractivity contribution in [3.05, 3.63) is 29.6 Å². The van der Waals surface area contributed by atoms with Crippen LogP contribution in [0.4, 0.5) is 10.1 Å². The summed E-state index contributed by atoms with van der Waals surface area (Å²) in [5, 5.41) is 12.5. The zero-order valence-electron chi connectivity index (χ0n) is 10.9. The van der Waals surface area contributed by atoms with Crippen LogP contribution >= 0.6 is 0 Å². The standard InChI is InChI=1S/C15H19FN2/c1-10-3-4-11(2)15(7-10)18-14-6-5-13(16)8-12(14)9-17/h5-6,8,10-11,15,18H,3-4,7H2,1-2H3. The second-order valence-corrected chi connectivity index (χ2v) is 5.45. The molecular formula is C15H19FN2. The summed E-state index contributed by atoms with van der Waals surface area (Å²) in [6, 6.07) is 6.79. The molecule has 1 aromatic carbocycles. The van der Waals surface area contributed by atoms with Crippen LogP contribution in [0.25, 0.3) is 0 Å². The van der Waals surface area contributed by atoms with Gasteiger partial charge in [-0.05, 0) is 42.9 Å². The van der Waals surface area contributed by atoms with Crippen LogP contribution in [-0.4, -0.2) is 6.04 Å². The number of hydrogen-bond donors (Lipinski definition) is 1. The van der Waals surface area contributed by atoms with E-state index in [0.29, 0.717) is 23.4 Å². The third-order valence-corrected chi connectivity index (χ3v) is 3.90. The first-order valence-electron chi connectivity index (χ1n) is 6.56. The first-order chi connectivity index (χ1) is 8.60. The van der Waals surface area contributed by atoms with Gasteiger partial charge in [0.1, 0.15) is 11.9 Å². The van der Waals surface area contributed by atoms with Gasteiger partial charge in [0.15, 0.2) is 0 Å². The molecule has 1 N–H and O–H groups in total.